The number of benzene rings is 1. The summed E-state index contributed by atoms with van der Waals surface area (Å²) in [6, 6.07) is 12.1. The van der Waals surface area contributed by atoms with Gasteiger partial charge in [-0.25, -0.2) is 8.42 Å². The summed E-state index contributed by atoms with van der Waals surface area (Å²) in [7, 11) is -3.81. The fourth-order valence-corrected chi connectivity index (χ4v) is 4.10. The predicted octanol–water partition coefficient (Wildman–Crippen LogP) is 2.22. The summed E-state index contributed by atoms with van der Waals surface area (Å²) in [5.74, 6) is -1.30. The molecule has 2 aromatic heterocycles. The zero-order chi connectivity index (χ0) is 18.6. The van der Waals surface area contributed by atoms with Crippen LogP contribution in [0.25, 0.3) is 0 Å². The number of furan rings is 1. The van der Waals surface area contributed by atoms with Crippen LogP contribution in [0.5, 0.6) is 0 Å². The number of carbonyl (C=O) groups is 2. The minimum atomic E-state index is -3.81. The first-order valence-electron chi connectivity index (χ1n) is 7.27. The summed E-state index contributed by atoms with van der Waals surface area (Å²) >= 11 is 1.06. The van der Waals surface area contributed by atoms with Crippen molar-refractivity contribution in [3.63, 3.8) is 0 Å². The molecular weight excluding hydrogens is 378 g/mol. The molecule has 0 atom stereocenters. The van der Waals surface area contributed by atoms with Crippen molar-refractivity contribution >= 4 is 38.9 Å². The number of hydrogen-bond donors (Lipinski definition) is 3. The van der Waals surface area contributed by atoms with E-state index >= 15 is 0 Å². The van der Waals surface area contributed by atoms with Crippen molar-refractivity contribution in [1.82, 2.24) is 10.9 Å². The molecule has 0 aliphatic rings. The average molecular weight is 391 g/mol. The Bertz CT molecular complexity index is 1010. The van der Waals surface area contributed by atoms with Gasteiger partial charge in [-0.1, -0.05) is 18.2 Å². The Kier molecular flexibility index (Phi) is 5.05. The molecule has 0 aliphatic carbocycles. The standard InChI is InChI=1S/C16H13N3O5S2/c20-15(17-18-16(21)13-7-3-9-24-13)11-5-1-2-6-12(11)19-26(22,23)14-8-4-10-25-14/h1-10,19H,(H,17,20)(H,18,21). The highest BCUT2D eigenvalue weighted by atomic mass is 32.2. The van der Waals surface area contributed by atoms with E-state index in [2.05, 4.69) is 15.6 Å². The Morgan fingerprint density at radius 3 is 2.38 bits per heavy atom. The topological polar surface area (TPSA) is 118 Å². The van der Waals surface area contributed by atoms with Gasteiger partial charge in [-0.15, -0.1) is 11.3 Å². The van der Waals surface area contributed by atoms with Crippen LogP contribution in [0.1, 0.15) is 20.9 Å². The van der Waals surface area contributed by atoms with E-state index in [9.17, 15) is 18.0 Å². The maximum atomic E-state index is 12.3. The second-order valence-corrected chi connectivity index (χ2v) is 7.83. The zero-order valence-corrected chi connectivity index (χ0v) is 14.8. The molecule has 3 rings (SSSR count). The van der Waals surface area contributed by atoms with Crippen LogP contribution in [-0.4, -0.2) is 20.2 Å². The molecule has 2 heterocycles. The van der Waals surface area contributed by atoms with Gasteiger partial charge in [-0.05, 0) is 35.7 Å². The maximum Gasteiger partial charge on any atom is 0.305 e. The highest BCUT2D eigenvalue weighted by Crippen LogP contribution is 2.22. The van der Waals surface area contributed by atoms with Crippen LogP contribution in [-0.2, 0) is 10.0 Å². The molecule has 0 unspecified atom stereocenters. The quantitative estimate of drug-likeness (QED) is 0.577. The van der Waals surface area contributed by atoms with E-state index in [0.29, 0.717) is 0 Å². The number of rotatable bonds is 5. The van der Waals surface area contributed by atoms with Gasteiger partial charge >= 0.3 is 5.91 Å². The second-order valence-electron chi connectivity index (χ2n) is 4.97. The van der Waals surface area contributed by atoms with Crippen LogP contribution in [0, 0.1) is 0 Å². The molecule has 2 amide bonds. The molecule has 0 radical (unpaired) electrons. The number of sulfonamides is 1. The molecule has 26 heavy (non-hydrogen) atoms. The summed E-state index contributed by atoms with van der Waals surface area (Å²) in [6.07, 6.45) is 1.32. The summed E-state index contributed by atoms with van der Waals surface area (Å²) in [5.41, 5.74) is 4.55. The third-order valence-electron chi connectivity index (χ3n) is 3.21. The molecule has 3 aromatic rings. The number of anilines is 1. The smallest absolute Gasteiger partial charge is 0.305 e. The first kappa shape index (κ1) is 17.7. The highest BCUT2D eigenvalue weighted by molar-refractivity contribution is 7.94. The lowest BCUT2D eigenvalue weighted by Gasteiger charge is -2.12. The molecule has 1 aromatic carbocycles. The van der Waals surface area contributed by atoms with E-state index in [4.69, 9.17) is 4.42 Å². The van der Waals surface area contributed by atoms with Crippen LogP contribution in [0.3, 0.4) is 0 Å². The monoisotopic (exact) mass is 391 g/mol. The largest absolute Gasteiger partial charge is 0.459 e. The summed E-state index contributed by atoms with van der Waals surface area (Å²) < 4.78 is 32.1. The lowest BCUT2D eigenvalue weighted by Crippen LogP contribution is -2.41. The molecule has 0 aliphatic heterocycles. The number of amides is 2. The van der Waals surface area contributed by atoms with Gasteiger partial charge in [0.1, 0.15) is 4.21 Å². The Hall–Kier alpha value is -3.11. The number of carbonyl (C=O) groups excluding carboxylic acids is 2. The molecule has 0 bridgehead atoms. The van der Waals surface area contributed by atoms with Gasteiger partial charge < -0.3 is 4.42 Å². The number of para-hydroxylation sites is 1. The summed E-state index contributed by atoms with van der Waals surface area (Å²) in [6.45, 7) is 0. The predicted molar refractivity (Wildman–Crippen MR) is 95.2 cm³/mol. The van der Waals surface area contributed by atoms with Gasteiger partial charge in [0, 0.05) is 0 Å². The molecule has 0 saturated carbocycles. The molecule has 3 N–H and O–H groups in total. The first-order chi connectivity index (χ1) is 12.5. The van der Waals surface area contributed by atoms with Crippen molar-refractivity contribution in [2.75, 3.05) is 4.72 Å². The van der Waals surface area contributed by atoms with Gasteiger partial charge in [0.15, 0.2) is 5.76 Å². The lowest BCUT2D eigenvalue weighted by molar-refractivity contribution is 0.0831. The maximum absolute atomic E-state index is 12.3. The Balaban J connectivity index is 1.74. The third kappa shape index (κ3) is 3.92. The zero-order valence-electron chi connectivity index (χ0n) is 13.1. The summed E-state index contributed by atoms with van der Waals surface area (Å²) in [5, 5.41) is 1.64. The molecule has 0 spiro atoms. The van der Waals surface area contributed by atoms with Gasteiger partial charge in [0.2, 0.25) is 0 Å². The third-order valence-corrected chi connectivity index (χ3v) is 5.97. The molecule has 8 nitrogen and oxygen atoms in total. The van der Waals surface area contributed by atoms with Crippen LogP contribution >= 0.6 is 11.3 Å². The van der Waals surface area contributed by atoms with Gasteiger partial charge in [0.05, 0.1) is 17.5 Å². The fourth-order valence-electron chi connectivity index (χ4n) is 2.03. The number of nitrogens with one attached hydrogen (secondary N) is 3. The van der Waals surface area contributed by atoms with Crippen molar-refractivity contribution in [3.05, 3.63) is 71.5 Å². The van der Waals surface area contributed by atoms with Crippen LogP contribution in [0.2, 0.25) is 0 Å². The van der Waals surface area contributed by atoms with Crippen LogP contribution < -0.4 is 15.6 Å². The molecule has 10 heteroatoms. The van der Waals surface area contributed by atoms with Gasteiger partial charge in [-0.2, -0.15) is 0 Å². The van der Waals surface area contributed by atoms with E-state index in [1.165, 1.54) is 36.6 Å². The van der Waals surface area contributed by atoms with E-state index < -0.39 is 21.8 Å². The SMILES string of the molecule is O=C(NNC(=O)c1ccccc1NS(=O)(=O)c1cccs1)c1ccco1. The minimum Gasteiger partial charge on any atom is -0.459 e. The lowest BCUT2D eigenvalue weighted by atomic mass is 10.2. The molecule has 134 valence electrons. The van der Waals surface area contributed by atoms with Crippen LogP contribution in [0.15, 0.2) is 68.8 Å². The van der Waals surface area contributed by atoms with Crippen molar-refractivity contribution in [2.24, 2.45) is 0 Å². The van der Waals surface area contributed by atoms with Gasteiger partial charge in [-0.3, -0.25) is 25.2 Å². The molecule has 0 fully saturated rings. The van der Waals surface area contributed by atoms with Crippen molar-refractivity contribution in [2.45, 2.75) is 4.21 Å². The van der Waals surface area contributed by atoms with Gasteiger partial charge in [0.25, 0.3) is 15.9 Å². The van der Waals surface area contributed by atoms with E-state index in [-0.39, 0.29) is 21.2 Å². The van der Waals surface area contributed by atoms with E-state index in [0.717, 1.165) is 11.3 Å². The average Bonchev–Trinajstić information content (AvgIpc) is 3.33. The van der Waals surface area contributed by atoms with Crippen molar-refractivity contribution in [1.29, 1.82) is 0 Å². The number of hydrogen-bond acceptors (Lipinski definition) is 6. The molecule has 0 saturated heterocycles. The first-order valence-corrected chi connectivity index (χ1v) is 9.63. The Labute approximate surface area is 152 Å². The number of thiophene rings is 1. The minimum absolute atomic E-state index is 0.0250. The Morgan fingerprint density at radius 2 is 1.69 bits per heavy atom. The summed E-state index contributed by atoms with van der Waals surface area (Å²) in [4.78, 5) is 24.1. The highest BCUT2D eigenvalue weighted by Gasteiger charge is 2.20. The second kappa shape index (κ2) is 7.42. The Morgan fingerprint density at radius 1 is 0.923 bits per heavy atom. The molecular formula is C16H13N3O5S2. The fraction of sp³-hybridized carbons (Fsp3) is 0. The normalized spacial score (nSPS) is 10.9. The van der Waals surface area contributed by atoms with Crippen molar-refractivity contribution < 1.29 is 22.4 Å². The van der Waals surface area contributed by atoms with Crippen molar-refractivity contribution in [3.8, 4) is 0 Å². The van der Waals surface area contributed by atoms with E-state index in [1.807, 2.05) is 0 Å². The van der Waals surface area contributed by atoms with Crippen LogP contribution in [0.4, 0.5) is 5.69 Å². The van der Waals surface area contributed by atoms with E-state index in [1.54, 1.807) is 23.6 Å². The number of hydrazine groups is 1.